The predicted molar refractivity (Wildman–Crippen MR) is 3.61 cm³/mol. The van der Waals surface area contributed by atoms with Gasteiger partial charge in [-0.25, -0.2) is 0 Å². The molecular weight excluding hydrogens is 324 g/mol. The Labute approximate surface area is 61.7 Å². The van der Waals surface area contributed by atoms with E-state index in [4.69, 9.17) is 0 Å². The van der Waals surface area contributed by atoms with Crippen LogP contribution in [-0.2, 0) is 56.5 Å². The van der Waals surface area contributed by atoms with Crippen LogP contribution in [0.4, 0.5) is 0 Å². The number of hydrogen-bond donors (Lipinski definition) is 0. The second kappa shape index (κ2) is 21.9. The normalized spacial score (nSPS) is 0. The monoisotopic (exact) mass is 326 g/mol. The van der Waals surface area contributed by atoms with Gasteiger partial charge < -0.3 is 5.48 Å². The summed E-state index contributed by atoms with van der Waals surface area (Å²) in [6.07, 6.45) is 0. The minimum Gasteiger partial charge on any atom is -0.412 e. The molecular formula is H2AuFeMnO. The van der Waals surface area contributed by atoms with Gasteiger partial charge in [-0.3, -0.25) is 0 Å². The summed E-state index contributed by atoms with van der Waals surface area (Å²) in [6, 6.07) is 0. The van der Waals surface area contributed by atoms with Gasteiger partial charge in [0.15, 0.2) is 0 Å². The molecule has 0 saturated carbocycles. The molecule has 0 aliphatic heterocycles. The first kappa shape index (κ1) is 42.6. The van der Waals surface area contributed by atoms with E-state index in [1.165, 1.54) is 0 Å². The molecule has 0 aromatic rings. The Hall–Kier alpha value is 1.74. The first-order valence-electron chi connectivity index (χ1n) is 0. The average molecular weight is 326 g/mol. The van der Waals surface area contributed by atoms with E-state index in [0.29, 0.717) is 0 Å². The van der Waals surface area contributed by atoms with Crippen LogP contribution in [0.25, 0.3) is 0 Å². The van der Waals surface area contributed by atoms with Gasteiger partial charge in [-0.1, -0.05) is 0 Å². The van der Waals surface area contributed by atoms with Gasteiger partial charge in [0.2, 0.25) is 0 Å². The molecule has 0 amide bonds. The van der Waals surface area contributed by atoms with Gasteiger partial charge >= 0.3 is 0 Å². The van der Waals surface area contributed by atoms with Crippen molar-refractivity contribution in [3.8, 4) is 0 Å². The van der Waals surface area contributed by atoms with Crippen molar-refractivity contribution in [3.05, 3.63) is 0 Å². The van der Waals surface area contributed by atoms with Gasteiger partial charge in [0, 0.05) is 56.5 Å². The molecule has 2 radical (unpaired) electrons. The molecule has 0 rings (SSSR count). The van der Waals surface area contributed by atoms with Gasteiger partial charge in [-0.05, 0) is 0 Å². The fourth-order valence-corrected chi connectivity index (χ4v) is 0. The SMILES string of the molecule is O.[Au].[Fe].[Mn]. The molecule has 0 aliphatic carbocycles. The van der Waals surface area contributed by atoms with E-state index < -0.39 is 0 Å². The minimum absolute atomic E-state index is 0. The molecule has 0 saturated heterocycles. The van der Waals surface area contributed by atoms with E-state index in [1.807, 2.05) is 0 Å². The molecule has 0 heterocycles. The molecule has 34 valence electrons. The summed E-state index contributed by atoms with van der Waals surface area (Å²) in [5.74, 6) is 0. The van der Waals surface area contributed by atoms with E-state index in [1.54, 1.807) is 0 Å². The summed E-state index contributed by atoms with van der Waals surface area (Å²) in [7, 11) is 0. The summed E-state index contributed by atoms with van der Waals surface area (Å²) in [6.45, 7) is 0. The molecule has 4 heteroatoms. The second-order valence-corrected chi connectivity index (χ2v) is 0. The second-order valence-electron chi connectivity index (χ2n) is 0. The fourth-order valence-electron chi connectivity index (χ4n) is 0. The summed E-state index contributed by atoms with van der Waals surface area (Å²) in [5.41, 5.74) is 0. The third-order valence-electron chi connectivity index (χ3n) is 0. The van der Waals surface area contributed by atoms with Crippen LogP contribution in [0.5, 0.6) is 0 Å². The quantitative estimate of drug-likeness (QED) is 0.521. The third kappa shape index (κ3) is 9.28. The van der Waals surface area contributed by atoms with Gasteiger partial charge in [0.25, 0.3) is 0 Å². The zero-order chi connectivity index (χ0) is 0. The summed E-state index contributed by atoms with van der Waals surface area (Å²) >= 11 is 0. The Morgan fingerprint density at radius 1 is 1.00 bits per heavy atom. The molecule has 4 heavy (non-hydrogen) atoms. The van der Waals surface area contributed by atoms with E-state index >= 15 is 0 Å². The zero-order valence-corrected chi connectivity index (χ0v) is 5.98. The van der Waals surface area contributed by atoms with Crippen molar-refractivity contribution in [1.29, 1.82) is 0 Å². The average Bonchev–Trinajstić information content (AvgIpc) is 0. The van der Waals surface area contributed by atoms with E-state index in [0.717, 1.165) is 0 Å². The van der Waals surface area contributed by atoms with Gasteiger partial charge in [-0.15, -0.1) is 0 Å². The molecule has 0 aliphatic rings. The van der Waals surface area contributed by atoms with Crippen LogP contribution >= 0.6 is 0 Å². The maximum absolute atomic E-state index is 0. The number of rotatable bonds is 0. The Morgan fingerprint density at radius 2 is 1.00 bits per heavy atom. The Kier molecular flexibility index (Phi) is 233. The van der Waals surface area contributed by atoms with Gasteiger partial charge in [0.05, 0.1) is 0 Å². The van der Waals surface area contributed by atoms with Crippen LogP contribution in [0.1, 0.15) is 0 Å². The van der Waals surface area contributed by atoms with Crippen molar-refractivity contribution in [1.82, 2.24) is 0 Å². The predicted octanol–water partition coefficient (Wildman–Crippen LogP) is -0.832. The Bertz CT molecular complexity index is 8.00. The summed E-state index contributed by atoms with van der Waals surface area (Å²) < 4.78 is 0. The molecule has 0 spiro atoms. The molecule has 2 N–H and O–H groups in total. The third-order valence-corrected chi connectivity index (χ3v) is 0. The van der Waals surface area contributed by atoms with Crippen LogP contribution < -0.4 is 0 Å². The standard InChI is InChI=1S/Au.Fe.Mn.H2O/h;;;1H2. The summed E-state index contributed by atoms with van der Waals surface area (Å²) in [4.78, 5) is 0. The van der Waals surface area contributed by atoms with Crippen molar-refractivity contribution in [2.75, 3.05) is 0 Å². The zero-order valence-electron chi connectivity index (χ0n) is 1.53. The van der Waals surface area contributed by atoms with Crippen LogP contribution in [0.2, 0.25) is 0 Å². The van der Waals surface area contributed by atoms with Crippen molar-refractivity contribution in [3.63, 3.8) is 0 Å². The maximum atomic E-state index is 0. The van der Waals surface area contributed by atoms with Crippen LogP contribution in [0, 0.1) is 0 Å². The van der Waals surface area contributed by atoms with Crippen LogP contribution in [0.3, 0.4) is 0 Å². The van der Waals surface area contributed by atoms with Crippen molar-refractivity contribution in [2.24, 2.45) is 0 Å². The molecule has 0 atom stereocenters. The fraction of sp³-hybridized carbons (Fsp3) is 0. The first-order chi connectivity index (χ1) is 0. The first-order valence-corrected chi connectivity index (χ1v) is 0. The van der Waals surface area contributed by atoms with E-state index in [2.05, 4.69) is 0 Å². The van der Waals surface area contributed by atoms with Crippen LogP contribution in [-0.4, -0.2) is 5.48 Å². The summed E-state index contributed by atoms with van der Waals surface area (Å²) in [5, 5.41) is 0. The largest absolute Gasteiger partial charge is 0.412 e. The van der Waals surface area contributed by atoms with Crippen LogP contribution in [0.15, 0.2) is 0 Å². The smallest absolute Gasteiger partial charge is 0 e. The van der Waals surface area contributed by atoms with Crippen molar-refractivity contribution < 1.29 is 62.0 Å². The molecule has 0 unspecified atom stereocenters. The van der Waals surface area contributed by atoms with E-state index in [-0.39, 0.29) is 62.0 Å². The van der Waals surface area contributed by atoms with Gasteiger partial charge in [-0.2, -0.15) is 0 Å². The van der Waals surface area contributed by atoms with Crippen molar-refractivity contribution in [2.45, 2.75) is 0 Å². The topological polar surface area (TPSA) is 31.5 Å². The molecule has 0 bridgehead atoms. The van der Waals surface area contributed by atoms with Gasteiger partial charge in [0.1, 0.15) is 0 Å². The minimum atomic E-state index is 0. The molecule has 0 aromatic carbocycles. The molecule has 0 fully saturated rings. The Balaban J connectivity index is 0. The number of hydrogen-bond acceptors (Lipinski definition) is 0. The Morgan fingerprint density at radius 3 is 1.00 bits per heavy atom. The maximum Gasteiger partial charge on any atom is 0 e. The molecule has 0 aromatic heterocycles. The van der Waals surface area contributed by atoms with Crippen molar-refractivity contribution >= 4 is 0 Å². The molecule has 1 nitrogen and oxygen atoms in total. The van der Waals surface area contributed by atoms with E-state index in [9.17, 15) is 0 Å².